The minimum Gasteiger partial charge on any atom is -0.481 e. The lowest BCUT2D eigenvalue weighted by atomic mass is 9.88. The predicted molar refractivity (Wildman–Crippen MR) is 66.9 cm³/mol. The first-order valence-corrected chi connectivity index (χ1v) is 6.41. The van der Waals surface area contributed by atoms with E-state index in [-0.39, 0.29) is 11.7 Å². The standard InChI is InChI=1S/C13H13BrO3/c14-9-6-4-8(5-7-9)12(15)10-2-1-3-11(10)13(16)17/h4-7,10-11H,1-3H2,(H,16,17)/t10?,11-/m1/s1. The normalized spacial score (nSPS) is 23.6. The van der Waals surface area contributed by atoms with Crippen LogP contribution in [0.4, 0.5) is 0 Å². The lowest BCUT2D eigenvalue weighted by molar-refractivity contribution is -0.142. The van der Waals surface area contributed by atoms with Crippen LogP contribution in [0.15, 0.2) is 28.7 Å². The van der Waals surface area contributed by atoms with Crippen molar-refractivity contribution in [1.29, 1.82) is 0 Å². The number of Topliss-reactive ketones (excluding diaryl/α,β-unsaturated/α-hetero) is 1. The average molecular weight is 297 g/mol. The minimum atomic E-state index is -0.849. The van der Waals surface area contributed by atoms with Gasteiger partial charge in [-0.1, -0.05) is 34.5 Å². The molecule has 0 radical (unpaired) electrons. The number of carboxylic acids is 1. The van der Waals surface area contributed by atoms with Crippen molar-refractivity contribution in [1.82, 2.24) is 0 Å². The Balaban J connectivity index is 2.19. The summed E-state index contributed by atoms with van der Waals surface area (Å²) >= 11 is 3.31. The summed E-state index contributed by atoms with van der Waals surface area (Å²) in [5, 5.41) is 9.06. The number of hydrogen-bond acceptors (Lipinski definition) is 2. The van der Waals surface area contributed by atoms with Gasteiger partial charge in [0.25, 0.3) is 0 Å². The lowest BCUT2D eigenvalue weighted by Crippen LogP contribution is -2.25. The molecule has 90 valence electrons. The Morgan fingerprint density at radius 3 is 2.29 bits per heavy atom. The molecular weight excluding hydrogens is 284 g/mol. The third-order valence-corrected chi connectivity index (χ3v) is 3.83. The van der Waals surface area contributed by atoms with Gasteiger partial charge in [-0.15, -0.1) is 0 Å². The molecule has 0 spiro atoms. The van der Waals surface area contributed by atoms with Gasteiger partial charge in [-0.2, -0.15) is 0 Å². The molecule has 17 heavy (non-hydrogen) atoms. The van der Waals surface area contributed by atoms with Crippen LogP contribution >= 0.6 is 15.9 Å². The van der Waals surface area contributed by atoms with Gasteiger partial charge in [0.1, 0.15) is 0 Å². The average Bonchev–Trinajstić information content (AvgIpc) is 2.78. The fourth-order valence-corrected chi connectivity index (χ4v) is 2.66. The highest BCUT2D eigenvalue weighted by Crippen LogP contribution is 2.34. The third kappa shape index (κ3) is 2.57. The maximum absolute atomic E-state index is 12.2. The van der Waals surface area contributed by atoms with E-state index < -0.39 is 11.9 Å². The van der Waals surface area contributed by atoms with E-state index in [0.29, 0.717) is 18.4 Å². The summed E-state index contributed by atoms with van der Waals surface area (Å²) in [6.45, 7) is 0. The van der Waals surface area contributed by atoms with Gasteiger partial charge in [0.15, 0.2) is 5.78 Å². The van der Waals surface area contributed by atoms with Crippen LogP contribution in [0, 0.1) is 11.8 Å². The van der Waals surface area contributed by atoms with Crippen LogP contribution in [0.2, 0.25) is 0 Å². The number of carbonyl (C=O) groups excluding carboxylic acids is 1. The van der Waals surface area contributed by atoms with Crippen molar-refractivity contribution >= 4 is 27.7 Å². The number of hydrogen-bond donors (Lipinski definition) is 1. The molecular formula is C13H13BrO3. The minimum absolute atomic E-state index is 0.0394. The molecule has 4 heteroatoms. The predicted octanol–water partition coefficient (Wildman–Crippen LogP) is 3.13. The topological polar surface area (TPSA) is 54.4 Å². The van der Waals surface area contributed by atoms with E-state index in [0.717, 1.165) is 10.9 Å². The van der Waals surface area contributed by atoms with Gasteiger partial charge in [-0.05, 0) is 25.0 Å². The molecule has 1 aromatic carbocycles. The number of halogens is 1. The summed E-state index contributed by atoms with van der Waals surface area (Å²) in [6, 6.07) is 7.09. The van der Waals surface area contributed by atoms with Crippen molar-refractivity contribution in [2.45, 2.75) is 19.3 Å². The Hall–Kier alpha value is -1.16. The molecule has 1 N–H and O–H groups in total. The Labute approximate surface area is 108 Å². The van der Waals surface area contributed by atoms with Gasteiger partial charge in [0.05, 0.1) is 5.92 Å². The first-order valence-electron chi connectivity index (χ1n) is 5.62. The van der Waals surface area contributed by atoms with E-state index in [1.54, 1.807) is 24.3 Å². The highest BCUT2D eigenvalue weighted by molar-refractivity contribution is 9.10. The second-order valence-electron chi connectivity index (χ2n) is 4.35. The molecule has 0 amide bonds. The van der Waals surface area contributed by atoms with Crippen LogP contribution in [0.1, 0.15) is 29.6 Å². The summed E-state index contributed by atoms with van der Waals surface area (Å²) in [5.41, 5.74) is 0.603. The molecule has 0 bridgehead atoms. The second-order valence-corrected chi connectivity index (χ2v) is 5.27. The number of carbonyl (C=O) groups is 2. The Kier molecular flexibility index (Phi) is 3.62. The fourth-order valence-electron chi connectivity index (χ4n) is 2.40. The van der Waals surface area contributed by atoms with Gasteiger partial charge in [0, 0.05) is 16.0 Å². The molecule has 0 heterocycles. The Bertz CT molecular complexity index is 438. The maximum Gasteiger partial charge on any atom is 0.307 e. The van der Waals surface area contributed by atoms with Crippen LogP contribution in [0.3, 0.4) is 0 Å². The molecule has 2 atom stereocenters. The van der Waals surface area contributed by atoms with Gasteiger partial charge in [0.2, 0.25) is 0 Å². The lowest BCUT2D eigenvalue weighted by Gasteiger charge is -2.14. The quantitative estimate of drug-likeness (QED) is 0.872. The number of rotatable bonds is 3. The summed E-state index contributed by atoms with van der Waals surface area (Å²) in [5.74, 6) is -1.75. The monoisotopic (exact) mass is 296 g/mol. The van der Waals surface area contributed by atoms with Gasteiger partial charge in [-0.3, -0.25) is 9.59 Å². The first-order chi connectivity index (χ1) is 8.09. The fraction of sp³-hybridized carbons (Fsp3) is 0.385. The van der Waals surface area contributed by atoms with E-state index in [2.05, 4.69) is 15.9 Å². The summed E-state index contributed by atoms with van der Waals surface area (Å²) in [7, 11) is 0. The van der Waals surface area contributed by atoms with Gasteiger partial charge < -0.3 is 5.11 Å². The van der Waals surface area contributed by atoms with E-state index in [4.69, 9.17) is 5.11 Å². The van der Waals surface area contributed by atoms with Crippen molar-refractivity contribution < 1.29 is 14.7 Å². The molecule has 0 aliphatic heterocycles. The molecule has 1 saturated carbocycles. The molecule has 0 saturated heterocycles. The SMILES string of the molecule is O=C(c1ccc(Br)cc1)C1CCC[C@H]1C(=O)O. The number of benzene rings is 1. The van der Waals surface area contributed by atoms with Crippen molar-refractivity contribution in [3.8, 4) is 0 Å². The number of carboxylic acid groups (broad SMARTS) is 1. The van der Waals surface area contributed by atoms with Crippen molar-refractivity contribution in [2.24, 2.45) is 11.8 Å². The molecule has 2 rings (SSSR count). The van der Waals surface area contributed by atoms with Crippen LogP contribution in [0.25, 0.3) is 0 Å². The molecule has 1 aromatic rings. The van der Waals surface area contributed by atoms with Crippen molar-refractivity contribution in [2.75, 3.05) is 0 Å². The zero-order valence-electron chi connectivity index (χ0n) is 9.23. The number of ketones is 1. The van der Waals surface area contributed by atoms with Crippen molar-refractivity contribution in [3.05, 3.63) is 34.3 Å². The molecule has 0 aromatic heterocycles. The van der Waals surface area contributed by atoms with Crippen molar-refractivity contribution in [3.63, 3.8) is 0 Å². The largest absolute Gasteiger partial charge is 0.481 e. The third-order valence-electron chi connectivity index (χ3n) is 3.30. The van der Waals surface area contributed by atoms with Crippen LogP contribution < -0.4 is 0 Å². The summed E-state index contributed by atoms with van der Waals surface area (Å²) < 4.78 is 0.912. The van der Waals surface area contributed by atoms with Crippen LogP contribution in [-0.2, 0) is 4.79 Å². The first kappa shape index (κ1) is 12.3. The van der Waals surface area contributed by atoms with Gasteiger partial charge in [-0.25, -0.2) is 0 Å². The Morgan fingerprint density at radius 2 is 1.71 bits per heavy atom. The van der Waals surface area contributed by atoms with Crippen LogP contribution in [-0.4, -0.2) is 16.9 Å². The van der Waals surface area contributed by atoms with Gasteiger partial charge >= 0.3 is 5.97 Å². The van der Waals surface area contributed by atoms with E-state index >= 15 is 0 Å². The maximum atomic E-state index is 12.2. The van der Waals surface area contributed by atoms with E-state index in [9.17, 15) is 9.59 Å². The highest BCUT2D eigenvalue weighted by atomic mass is 79.9. The smallest absolute Gasteiger partial charge is 0.307 e. The number of aliphatic carboxylic acids is 1. The zero-order chi connectivity index (χ0) is 12.4. The molecule has 1 aliphatic rings. The molecule has 1 fully saturated rings. The molecule has 1 unspecified atom stereocenters. The van der Waals surface area contributed by atoms with E-state index in [1.165, 1.54) is 0 Å². The van der Waals surface area contributed by atoms with Crippen LogP contribution in [0.5, 0.6) is 0 Å². The highest BCUT2D eigenvalue weighted by Gasteiger charge is 2.37. The second kappa shape index (κ2) is 5.00. The molecule has 1 aliphatic carbocycles. The summed E-state index contributed by atoms with van der Waals surface area (Å²) in [4.78, 5) is 23.2. The van der Waals surface area contributed by atoms with E-state index in [1.807, 2.05) is 0 Å². The summed E-state index contributed by atoms with van der Waals surface area (Å²) in [6.07, 6.45) is 2.12. The zero-order valence-corrected chi connectivity index (χ0v) is 10.8. The Morgan fingerprint density at radius 1 is 1.12 bits per heavy atom. The molecule has 3 nitrogen and oxygen atoms in total.